The molecule has 0 spiro atoms. The molecule has 0 saturated carbocycles. The van der Waals surface area contributed by atoms with Crippen LogP contribution in [0.15, 0.2) is 24.3 Å². The predicted molar refractivity (Wildman–Crippen MR) is 60.0 cm³/mol. The van der Waals surface area contributed by atoms with Gasteiger partial charge in [-0.1, -0.05) is 59.7 Å². The van der Waals surface area contributed by atoms with Crippen molar-refractivity contribution in [1.29, 1.82) is 0 Å². The van der Waals surface area contributed by atoms with E-state index in [0.29, 0.717) is 0 Å². The van der Waals surface area contributed by atoms with Crippen molar-refractivity contribution in [1.82, 2.24) is 0 Å². The molecule has 0 nitrogen and oxygen atoms in total. The monoisotopic (exact) mass is 188 g/mol. The zero-order valence-electron chi connectivity index (χ0n) is 8.42. The molecule has 0 radical (unpaired) electrons. The molecule has 13 heavy (non-hydrogen) atoms. The molecule has 0 aliphatic carbocycles. The molecule has 0 aromatic heterocycles. The fourth-order valence-corrected chi connectivity index (χ4v) is 5.53. The number of benzene rings is 1. The van der Waals surface area contributed by atoms with Crippen LogP contribution in [0, 0.1) is 6.92 Å². The van der Waals surface area contributed by atoms with Crippen LogP contribution in [-0.4, -0.2) is 14.1 Å². The first-order chi connectivity index (χ1) is 6.36. The molecule has 0 N–H and O–H groups in total. The van der Waals surface area contributed by atoms with Gasteiger partial charge in [-0.05, 0) is 6.92 Å². The number of hydrogen-bond acceptors (Lipinski definition) is 0. The van der Waals surface area contributed by atoms with Crippen molar-refractivity contribution in [2.24, 2.45) is 0 Å². The van der Waals surface area contributed by atoms with Gasteiger partial charge in [0.05, 0.1) is 0 Å². The first-order valence-electron chi connectivity index (χ1n) is 5.43. The molecule has 1 heteroatoms. The van der Waals surface area contributed by atoms with Gasteiger partial charge in [-0.2, -0.15) is 0 Å². The maximum absolute atomic E-state index is 2.37. The summed E-state index contributed by atoms with van der Waals surface area (Å²) in [6.07, 6.45) is 4.46. The lowest BCUT2D eigenvalue weighted by Gasteiger charge is -2.17. The molecule has 0 atom stereocenters. The van der Waals surface area contributed by atoms with E-state index in [1.54, 1.807) is 15.0 Å². The van der Waals surface area contributed by atoms with Gasteiger partial charge in [-0.15, -0.1) is 4.43 Å². The molecule has 1 saturated heterocycles. The van der Waals surface area contributed by atoms with E-state index in [1.807, 2.05) is 0 Å². The average Bonchev–Trinajstić information content (AvgIpc) is 2.20. The van der Waals surface area contributed by atoms with E-state index >= 15 is 0 Å². The van der Waals surface area contributed by atoms with Crippen LogP contribution in [0.3, 0.4) is 0 Å². The Kier molecular flexibility index (Phi) is 3.09. The van der Waals surface area contributed by atoms with Gasteiger partial charge in [-0.25, -0.2) is 0 Å². The Balaban J connectivity index is 2.10. The molecule has 1 aromatic rings. The molecule has 68 valence electrons. The summed E-state index contributed by atoms with van der Waals surface area (Å²) in [5.74, 6) is 0. The normalized spacial score (nSPS) is 17.5. The lowest BCUT2D eigenvalue weighted by molar-refractivity contribution is 0.728. The van der Waals surface area contributed by atoms with Crippen LogP contribution < -0.4 is 4.43 Å². The van der Waals surface area contributed by atoms with E-state index in [4.69, 9.17) is 0 Å². The van der Waals surface area contributed by atoms with Crippen molar-refractivity contribution in [2.45, 2.75) is 36.8 Å². The van der Waals surface area contributed by atoms with Crippen molar-refractivity contribution in [3.8, 4) is 0 Å². The second kappa shape index (κ2) is 4.31. The summed E-state index contributed by atoms with van der Waals surface area (Å²) in [6.45, 7) is 2.17. The van der Waals surface area contributed by atoms with Crippen molar-refractivity contribution < 1.29 is 0 Å². The molecule has 0 amide bonds. The highest BCUT2D eigenvalue weighted by molar-refractivity contribution is 6.73. The largest absolute Gasteiger partial charge is 0.305 e. The van der Waals surface area contributed by atoms with E-state index in [-0.39, 0.29) is 0 Å². The molecule has 0 unspecified atom stereocenters. The van der Waals surface area contributed by atoms with Gasteiger partial charge in [0.15, 0.2) is 0 Å². The average molecular weight is 188 g/mol. The molecule has 1 aromatic carbocycles. The molecule has 1 fully saturated rings. The van der Waals surface area contributed by atoms with E-state index in [0.717, 1.165) is 0 Å². The van der Waals surface area contributed by atoms with Crippen LogP contribution in [0.5, 0.6) is 0 Å². The predicted octanol–water partition coefficient (Wildman–Crippen LogP) is 2.88. The lowest BCUT2D eigenvalue weighted by atomic mass is 10.2. The minimum Gasteiger partial charge on any atom is -0.110 e. The summed E-state index contributed by atoms with van der Waals surface area (Å²) in [6, 6.07) is 9.29. The molecular weight excluding hydrogens is 171 g/mol. The van der Waals surface area contributed by atoms with Crippen LogP contribution in [0.4, 0.5) is 0 Å². The van der Waals surface area contributed by atoms with E-state index in [9.17, 15) is 0 Å². The minimum atomic E-state index is -0.505. The summed E-state index contributed by atoms with van der Waals surface area (Å²) in [5.41, 5.74) is 1.40. The molecular formula is C12H17Al. The Hall–Kier alpha value is -0.248. The zero-order valence-corrected chi connectivity index (χ0v) is 9.58. The Morgan fingerprint density at radius 2 is 1.54 bits per heavy atom. The zero-order chi connectivity index (χ0) is 9.10. The van der Waals surface area contributed by atoms with Crippen molar-refractivity contribution in [3.63, 3.8) is 0 Å². The topological polar surface area (TPSA) is 0 Å². The van der Waals surface area contributed by atoms with Crippen LogP contribution in [-0.2, 0) is 0 Å². The third-order valence-corrected chi connectivity index (χ3v) is 6.69. The first-order valence-corrected chi connectivity index (χ1v) is 7.64. The minimum absolute atomic E-state index is 0.505. The Bertz CT molecular complexity index is 257. The third kappa shape index (κ3) is 2.36. The summed E-state index contributed by atoms with van der Waals surface area (Å²) >= 11 is -0.505. The summed E-state index contributed by atoms with van der Waals surface area (Å²) in [7, 11) is 0. The Morgan fingerprint density at radius 1 is 0.923 bits per heavy atom. The van der Waals surface area contributed by atoms with Crippen molar-refractivity contribution >= 4 is 18.6 Å². The number of rotatable bonds is 1. The van der Waals surface area contributed by atoms with Crippen molar-refractivity contribution in [3.05, 3.63) is 29.8 Å². The van der Waals surface area contributed by atoms with Gasteiger partial charge >= 0.3 is 14.1 Å². The summed E-state index contributed by atoms with van der Waals surface area (Å²) < 4.78 is 1.70. The lowest BCUT2D eigenvalue weighted by Crippen LogP contribution is -2.31. The van der Waals surface area contributed by atoms with E-state index in [1.165, 1.54) is 24.8 Å². The van der Waals surface area contributed by atoms with Crippen LogP contribution >= 0.6 is 0 Å². The van der Waals surface area contributed by atoms with Gasteiger partial charge in [0.2, 0.25) is 0 Å². The second-order valence-electron chi connectivity index (χ2n) is 4.25. The van der Waals surface area contributed by atoms with Crippen LogP contribution in [0.25, 0.3) is 0 Å². The third-order valence-electron chi connectivity index (χ3n) is 3.15. The Labute approximate surface area is 85.4 Å². The molecule has 1 aliphatic rings. The number of hydrogen-bond donors (Lipinski definition) is 0. The SMILES string of the molecule is Cc1cc[c]([Al]2[CH2]CCC[CH2]2)cc1. The number of aryl methyl sites for hydroxylation is 1. The fraction of sp³-hybridized carbons (Fsp3) is 0.500. The molecule has 1 heterocycles. The molecule has 2 rings (SSSR count). The van der Waals surface area contributed by atoms with Crippen LogP contribution in [0.1, 0.15) is 24.8 Å². The van der Waals surface area contributed by atoms with Crippen LogP contribution in [0.2, 0.25) is 10.6 Å². The fourth-order valence-electron chi connectivity index (χ4n) is 2.27. The van der Waals surface area contributed by atoms with E-state index in [2.05, 4.69) is 31.2 Å². The highest BCUT2D eigenvalue weighted by Gasteiger charge is 2.21. The standard InChI is InChI=1S/C7H7.C5H10.Al/c1-7-5-3-2-4-6-7;1-3-5-4-2;/h3-6H,1H3;1-5H2;. The second-order valence-corrected chi connectivity index (χ2v) is 7.46. The maximum atomic E-state index is 2.37. The van der Waals surface area contributed by atoms with Gasteiger partial charge in [0.1, 0.15) is 0 Å². The highest BCUT2D eigenvalue weighted by atomic mass is 27.2. The molecule has 0 bridgehead atoms. The smallest absolute Gasteiger partial charge is 0.110 e. The first kappa shape index (κ1) is 9.31. The quantitative estimate of drug-likeness (QED) is 0.594. The van der Waals surface area contributed by atoms with Gasteiger partial charge < -0.3 is 0 Å². The van der Waals surface area contributed by atoms with Crippen molar-refractivity contribution in [2.75, 3.05) is 0 Å². The van der Waals surface area contributed by atoms with Gasteiger partial charge in [0.25, 0.3) is 0 Å². The summed E-state index contributed by atoms with van der Waals surface area (Å²) in [4.78, 5) is 0. The van der Waals surface area contributed by atoms with Gasteiger partial charge in [-0.3, -0.25) is 0 Å². The Morgan fingerprint density at radius 3 is 2.15 bits per heavy atom. The maximum Gasteiger partial charge on any atom is 0.305 e. The summed E-state index contributed by atoms with van der Waals surface area (Å²) in [5, 5.41) is 3.09. The highest BCUT2D eigenvalue weighted by Crippen LogP contribution is 2.18. The van der Waals surface area contributed by atoms with E-state index < -0.39 is 14.1 Å². The van der Waals surface area contributed by atoms with Gasteiger partial charge in [0, 0.05) is 0 Å². The molecule has 1 aliphatic heterocycles.